The number of halogens is 5. The number of alkyl halides is 3. The van der Waals surface area contributed by atoms with Crippen LogP contribution >= 0.6 is 11.6 Å². The van der Waals surface area contributed by atoms with E-state index in [1.54, 1.807) is 0 Å². The van der Waals surface area contributed by atoms with Crippen LogP contribution in [0.4, 0.5) is 22.4 Å². The van der Waals surface area contributed by atoms with E-state index in [1.807, 2.05) is 0 Å². The molecule has 5 nitrogen and oxygen atoms in total. The molecular weight excluding hydrogens is 378 g/mol. The van der Waals surface area contributed by atoms with Gasteiger partial charge in [-0.3, -0.25) is 4.79 Å². The SMILES string of the molecule is NC(=O)C1CN([C@@H](c2ccc(F)c(Cl)c2)[C@@H]2CC[C@H]2C(F)(F)F)C(=O)N1. The Morgan fingerprint density at radius 1 is 1.35 bits per heavy atom. The number of amides is 3. The molecule has 4 atom stereocenters. The second kappa shape index (κ2) is 6.61. The Morgan fingerprint density at radius 2 is 2.04 bits per heavy atom. The van der Waals surface area contributed by atoms with Crippen molar-refractivity contribution in [2.75, 3.05) is 6.54 Å². The maximum atomic E-state index is 13.5. The van der Waals surface area contributed by atoms with Gasteiger partial charge in [-0.1, -0.05) is 17.7 Å². The van der Waals surface area contributed by atoms with Gasteiger partial charge in [0.2, 0.25) is 5.91 Å². The van der Waals surface area contributed by atoms with Crippen LogP contribution in [0.15, 0.2) is 18.2 Å². The molecule has 26 heavy (non-hydrogen) atoms. The summed E-state index contributed by atoms with van der Waals surface area (Å²) in [5.41, 5.74) is 5.48. The lowest BCUT2D eigenvalue weighted by atomic mass is 9.67. The summed E-state index contributed by atoms with van der Waals surface area (Å²) < 4.78 is 53.3. The lowest BCUT2D eigenvalue weighted by Crippen LogP contribution is -2.47. The number of benzene rings is 1. The highest BCUT2D eigenvalue weighted by Crippen LogP contribution is 2.53. The smallest absolute Gasteiger partial charge is 0.368 e. The molecule has 1 heterocycles. The van der Waals surface area contributed by atoms with Crippen molar-refractivity contribution in [2.45, 2.75) is 31.1 Å². The summed E-state index contributed by atoms with van der Waals surface area (Å²) in [7, 11) is 0. The first-order chi connectivity index (χ1) is 12.1. The van der Waals surface area contributed by atoms with Crippen molar-refractivity contribution in [3.63, 3.8) is 0 Å². The third-order valence-electron chi connectivity index (χ3n) is 5.06. The minimum Gasteiger partial charge on any atom is -0.368 e. The second-order valence-electron chi connectivity index (χ2n) is 6.56. The number of nitrogens with zero attached hydrogens (tertiary/aromatic N) is 1. The van der Waals surface area contributed by atoms with Crippen molar-refractivity contribution in [1.29, 1.82) is 0 Å². The van der Waals surface area contributed by atoms with Gasteiger partial charge in [-0.2, -0.15) is 13.2 Å². The number of nitrogens with two attached hydrogens (primary N) is 1. The van der Waals surface area contributed by atoms with E-state index in [0.29, 0.717) is 0 Å². The molecule has 3 rings (SSSR count). The number of primary amides is 1. The normalized spacial score (nSPS) is 27.0. The van der Waals surface area contributed by atoms with Crippen LogP contribution in [-0.4, -0.2) is 35.6 Å². The average molecular weight is 394 g/mol. The van der Waals surface area contributed by atoms with E-state index in [1.165, 1.54) is 12.1 Å². The molecule has 1 aromatic rings. The third-order valence-corrected chi connectivity index (χ3v) is 5.35. The van der Waals surface area contributed by atoms with Gasteiger partial charge in [0.25, 0.3) is 0 Å². The molecule has 3 N–H and O–H groups in total. The van der Waals surface area contributed by atoms with Gasteiger partial charge in [-0.05, 0) is 36.5 Å². The first-order valence-electron chi connectivity index (χ1n) is 7.97. The fourth-order valence-corrected chi connectivity index (χ4v) is 3.81. The van der Waals surface area contributed by atoms with Crippen molar-refractivity contribution >= 4 is 23.5 Å². The molecule has 0 aromatic heterocycles. The van der Waals surface area contributed by atoms with Gasteiger partial charge in [0.1, 0.15) is 11.9 Å². The highest BCUT2D eigenvalue weighted by Gasteiger charge is 2.55. The van der Waals surface area contributed by atoms with Crippen molar-refractivity contribution in [3.05, 3.63) is 34.6 Å². The number of nitrogens with one attached hydrogen (secondary N) is 1. The standard InChI is InChI=1S/C16H16ClF4N3O2/c17-10-5-7(1-4-11(10)18)13(8-2-3-9(8)16(19,20)21)24-6-12(14(22)25)23-15(24)26/h1,4-5,8-9,12-13H,2-3,6H2,(H2,22,25)(H,23,26)/t8-,9-,12?,13+/m1/s1. The van der Waals surface area contributed by atoms with Gasteiger partial charge in [0.15, 0.2) is 0 Å². The third kappa shape index (κ3) is 3.32. The Balaban J connectivity index is 1.98. The summed E-state index contributed by atoms with van der Waals surface area (Å²) in [6.07, 6.45) is -4.21. The highest BCUT2D eigenvalue weighted by atomic mass is 35.5. The summed E-state index contributed by atoms with van der Waals surface area (Å²) in [4.78, 5) is 24.8. The Labute approximate surface area is 151 Å². The van der Waals surface area contributed by atoms with Crippen LogP contribution in [0.2, 0.25) is 5.02 Å². The van der Waals surface area contributed by atoms with E-state index in [2.05, 4.69) is 5.32 Å². The summed E-state index contributed by atoms with van der Waals surface area (Å²) in [6, 6.07) is 0.904. The molecule has 1 aliphatic heterocycles. The van der Waals surface area contributed by atoms with Gasteiger partial charge in [0, 0.05) is 0 Å². The van der Waals surface area contributed by atoms with Crippen LogP contribution in [0.1, 0.15) is 24.4 Å². The maximum absolute atomic E-state index is 13.5. The van der Waals surface area contributed by atoms with Gasteiger partial charge in [0.05, 0.1) is 23.5 Å². The molecule has 1 saturated carbocycles. The first-order valence-corrected chi connectivity index (χ1v) is 8.35. The minimum absolute atomic E-state index is 0.0473. The molecule has 3 amide bonds. The summed E-state index contributed by atoms with van der Waals surface area (Å²) >= 11 is 5.78. The molecule has 142 valence electrons. The van der Waals surface area contributed by atoms with Crippen molar-refractivity contribution in [2.24, 2.45) is 17.6 Å². The van der Waals surface area contributed by atoms with Gasteiger partial charge in [-0.15, -0.1) is 0 Å². The van der Waals surface area contributed by atoms with Gasteiger partial charge < -0.3 is 16.0 Å². The Morgan fingerprint density at radius 3 is 2.50 bits per heavy atom. The van der Waals surface area contributed by atoms with Crippen molar-refractivity contribution < 1.29 is 27.2 Å². The largest absolute Gasteiger partial charge is 0.392 e. The molecule has 1 aromatic carbocycles. The number of carbonyl (C=O) groups is 2. The van der Waals surface area contributed by atoms with E-state index in [4.69, 9.17) is 17.3 Å². The van der Waals surface area contributed by atoms with Crippen LogP contribution in [0.5, 0.6) is 0 Å². The Kier molecular flexibility index (Phi) is 4.76. The second-order valence-corrected chi connectivity index (χ2v) is 6.97. The van der Waals surface area contributed by atoms with Crippen LogP contribution in [0, 0.1) is 17.7 Å². The molecule has 1 saturated heterocycles. The zero-order valence-electron chi connectivity index (χ0n) is 13.4. The molecule has 0 spiro atoms. The van der Waals surface area contributed by atoms with E-state index < -0.39 is 47.9 Å². The van der Waals surface area contributed by atoms with Gasteiger partial charge in [-0.25, -0.2) is 9.18 Å². The number of rotatable bonds is 4. The molecule has 1 unspecified atom stereocenters. The Hall–Kier alpha value is -2.03. The minimum atomic E-state index is -4.41. The van der Waals surface area contributed by atoms with Crippen LogP contribution in [0.25, 0.3) is 0 Å². The summed E-state index contributed by atoms with van der Waals surface area (Å²) in [6.45, 7) is -0.158. The number of carbonyl (C=O) groups excluding carboxylic acids is 2. The first kappa shape index (κ1) is 18.8. The lowest BCUT2D eigenvalue weighted by Gasteiger charge is -2.45. The van der Waals surface area contributed by atoms with E-state index in [-0.39, 0.29) is 30.0 Å². The molecule has 1 aliphatic carbocycles. The number of urea groups is 1. The lowest BCUT2D eigenvalue weighted by molar-refractivity contribution is -0.220. The molecule has 0 radical (unpaired) electrons. The molecule has 0 bridgehead atoms. The highest BCUT2D eigenvalue weighted by molar-refractivity contribution is 6.30. The molecule has 2 fully saturated rings. The van der Waals surface area contributed by atoms with Crippen LogP contribution < -0.4 is 11.1 Å². The number of hydrogen-bond acceptors (Lipinski definition) is 2. The predicted molar refractivity (Wildman–Crippen MR) is 84.6 cm³/mol. The van der Waals surface area contributed by atoms with Gasteiger partial charge >= 0.3 is 12.2 Å². The number of hydrogen-bond donors (Lipinski definition) is 2. The zero-order chi connectivity index (χ0) is 19.2. The monoisotopic (exact) mass is 393 g/mol. The van der Waals surface area contributed by atoms with Crippen LogP contribution in [0.3, 0.4) is 0 Å². The maximum Gasteiger partial charge on any atom is 0.392 e. The Bertz CT molecular complexity index is 743. The zero-order valence-corrected chi connectivity index (χ0v) is 14.1. The summed E-state index contributed by atoms with van der Waals surface area (Å²) in [5, 5.41) is 2.11. The fraction of sp³-hybridized carbons (Fsp3) is 0.500. The van der Waals surface area contributed by atoms with E-state index >= 15 is 0 Å². The average Bonchev–Trinajstić information content (AvgIpc) is 2.86. The fourth-order valence-electron chi connectivity index (χ4n) is 3.62. The quantitative estimate of drug-likeness (QED) is 0.772. The molecule has 10 heteroatoms. The molecular formula is C16H16ClF4N3O2. The van der Waals surface area contributed by atoms with Crippen molar-refractivity contribution in [1.82, 2.24) is 10.2 Å². The summed E-state index contributed by atoms with van der Waals surface area (Å²) in [5.74, 6) is -3.99. The topological polar surface area (TPSA) is 75.4 Å². The predicted octanol–water partition coefficient (Wildman–Crippen LogP) is 2.99. The van der Waals surface area contributed by atoms with Crippen molar-refractivity contribution in [3.8, 4) is 0 Å². The van der Waals surface area contributed by atoms with Crippen LogP contribution in [-0.2, 0) is 4.79 Å². The van der Waals surface area contributed by atoms with E-state index in [9.17, 15) is 27.2 Å². The molecule has 2 aliphatic rings. The van der Waals surface area contributed by atoms with E-state index in [0.717, 1.165) is 11.0 Å².